The maximum Gasteiger partial charge on any atom is 0.332 e. The second-order valence-corrected chi connectivity index (χ2v) is 5.89. The quantitative estimate of drug-likeness (QED) is 0.819. The zero-order chi connectivity index (χ0) is 17.8. The fourth-order valence-corrected chi connectivity index (χ4v) is 2.79. The molecule has 2 aromatic rings. The van der Waals surface area contributed by atoms with E-state index in [-0.39, 0.29) is 19.1 Å². The Hall–Kier alpha value is -2.86. The third-order valence-electron chi connectivity index (χ3n) is 4.06. The highest BCUT2D eigenvalue weighted by molar-refractivity contribution is 6.14. The monoisotopic (exact) mass is 340 g/mol. The van der Waals surface area contributed by atoms with Crippen LogP contribution in [0.25, 0.3) is 0 Å². The summed E-state index contributed by atoms with van der Waals surface area (Å²) in [6.45, 7) is 1.58. The molecule has 1 saturated heterocycles. The minimum absolute atomic E-state index is 0.000785. The molecule has 3 rings (SSSR count). The Kier molecular flexibility index (Phi) is 5.00. The van der Waals surface area contributed by atoms with Crippen molar-refractivity contribution in [1.82, 2.24) is 4.90 Å². The van der Waals surface area contributed by atoms with Crippen LogP contribution in [0.15, 0.2) is 60.7 Å². The Labute approximate surface area is 146 Å². The molecule has 3 amide bonds. The lowest BCUT2D eigenvalue weighted by Crippen LogP contribution is -2.40. The van der Waals surface area contributed by atoms with Crippen LogP contribution in [0.4, 0.5) is 10.5 Å². The fraction of sp³-hybridized carbons (Fsp3) is 0.263. The number of benzene rings is 2. The van der Waals surface area contributed by atoms with Crippen molar-refractivity contribution >= 4 is 17.6 Å². The maximum absolute atomic E-state index is 12.6. The van der Waals surface area contributed by atoms with Crippen molar-refractivity contribution in [1.29, 1.82) is 0 Å². The van der Waals surface area contributed by atoms with E-state index in [1.54, 1.807) is 31.2 Å². The van der Waals surface area contributed by atoms with Crippen molar-refractivity contribution < 1.29 is 19.4 Å². The summed E-state index contributed by atoms with van der Waals surface area (Å²) in [5.41, 5.74) is 0.658. The SMILES string of the molecule is C[C@H]1C(=O)N(C[C@H](O)COc2ccccc2)C(=O)N1c1ccccc1. The smallest absolute Gasteiger partial charge is 0.332 e. The second-order valence-electron chi connectivity index (χ2n) is 5.89. The van der Waals surface area contributed by atoms with Crippen LogP contribution in [0, 0.1) is 0 Å². The van der Waals surface area contributed by atoms with Gasteiger partial charge in [0.2, 0.25) is 0 Å². The van der Waals surface area contributed by atoms with Gasteiger partial charge in [-0.25, -0.2) is 4.79 Å². The number of ether oxygens (including phenoxy) is 1. The average molecular weight is 340 g/mol. The molecule has 0 aromatic heterocycles. The van der Waals surface area contributed by atoms with E-state index in [4.69, 9.17) is 4.74 Å². The number of carbonyl (C=O) groups is 2. The third kappa shape index (κ3) is 3.64. The topological polar surface area (TPSA) is 70.1 Å². The van der Waals surface area contributed by atoms with Gasteiger partial charge in [0, 0.05) is 5.69 Å². The highest BCUT2D eigenvalue weighted by Gasteiger charge is 2.43. The first-order valence-electron chi connectivity index (χ1n) is 8.13. The molecule has 2 atom stereocenters. The molecule has 1 fully saturated rings. The van der Waals surface area contributed by atoms with E-state index in [2.05, 4.69) is 0 Å². The minimum atomic E-state index is -0.962. The number of aliphatic hydroxyl groups is 1. The lowest BCUT2D eigenvalue weighted by atomic mass is 10.2. The molecular formula is C19H20N2O4. The second kappa shape index (κ2) is 7.36. The molecule has 0 bridgehead atoms. The number of anilines is 1. The number of hydrogen-bond donors (Lipinski definition) is 1. The van der Waals surface area contributed by atoms with E-state index < -0.39 is 18.2 Å². The summed E-state index contributed by atoms with van der Waals surface area (Å²) in [5.74, 6) is 0.299. The number of urea groups is 1. The third-order valence-corrected chi connectivity index (χ3v) is 4.06. The van der Waals surface area contributed by atoms with Crippen LogP contribution >= 0.6 is 0 Å². The van der Waals surface area contributed by atoms with Gasteiger partial charge in [0.25, 0.3) is 5.91 Å². The molecule has 2 aromatic carbocycles. The van der Waals surface area contributed by atoms with Crippen LogP contribution in [0.5, 0.6) is 5.75 Å². The number of amides is 3. The number of rotatable bonds is 6. The average Bonchev–Trinajstić information content (AvgIpc) is 2.85. The normalized spacial score (nSPS) is 18.6. The Morgan fingerprint density at radius 2 is 1.64 bits per heavy atom. The summed E-state index contributed by atoms with van der Waals surface area (Å²) in [5, 5.41) is 10.2. The molecule has 1 N–H and O–H groups in total. The summed E-state index contributed by atoms with van der Waals surface area (Å²) < 4.78 is 5.47. The van der Waals surface area contributed by atoms with Crippen molar-refractivity contribution in [2.75, 3.05) is 18.1 Å². The molecular weight excluding hydrogens is 320 g/mol. The molecule has 0 spiro atoms. The first-order valence-corrected chi connectivity index (χ1v) is 8.13. The number of para-hydroxylation sites is 2. The Morgan fingerprint density at radius 3 is 2.28 bits per heavy atom. The van der Waals surface area contributed by atoms with Crippen molar-refractivity contribution in [3.8, 4) is 5.75 Å². The first kappa shape index (κ1) is 17.0. The highest BCUT2D eigenvalue weighted by atomic mass is 16.5. The number of imide groups is 1. The van der Waals surface area contributed by atoms with Gasteiger partial charge in [-0.15, -0.1) is 0 Å². The summed E-state index contributed by atoms with van der Waals surface area (Å²) in [7, 11) is 0. The predicted octanol–water partition coefficient (Wildman–Crippen LogP) is 2.28. The van der Waals surface area contributed by atoms with Gasteiger partial charge in [-0.2, -0.15) is 0 Å². The fourth-order valence-electron chi connectivity index (χ4n) is 2.79. The van der Waals surface area contributed by atoms with Crippen LogP contribution in [0.3, 0.4) is 0 Å². The number of nitrogens with zero attached hydrogens (tertiary/aromatic N) is 2. The van der Waals surface area contributed by atoms with Gasteiger partial charge in [0.1, 0.15) is 24.5 Å². The molecule has 0 radical (unpaired) electrons. The van der Waals surface area contributed by atoms with Gasteiger partial charge in [-0.3, -0.25) is 14.6 Å². The molecule has 1 aliphatic rings. The van der Waals surface area contributed by atoms with Crippen LogP contribution in [0.1, 0.15) is 6.92 Å². The van der Waals surface area contributed by atoms with Gasteiger partial charge in [-0.1, -0.05) is 36.4 Å². The predicted molar refractivity (Wildman–Crippen MR) is 93.4 cm³/mol. The lowest BCUT2D eigenvalue weighted by molar-refractivity contribution is -0.128. The molecule has 25 heavy (non-hydrogen) atoms. The largest absolute Gasteiger partial charge is 0.491 e. The first-order chi connectivity index (χ1) is 12.1. The molecule has 1 heterocycles. The molecule has 0 saturated carbocycles. The van der Waals surface area contributed by atoms with Gasteiger partial charge >= 0.3 is 6.03 Å². The van der Waals surface area contributed by atoms with E-state index in [1.807, 2.05) is 36.4 Å². The summed E-state index contributed by atoms with van der Waals surface area (Å²) in [6, 6.07) is 17.1. The minimum Gasteiger partial charge on any atom is -0.491 e. The zero-order valence-electron chi connectivity index (χ0n) is 13.9. The summed E-state index contributed by atoms with van der Waals surface area (Å²) in [4.78, 5) is 27.6. The van der Waals surface area contributed by atoms with E-state index >= 15 is 0 Å². The van der Waals surface area contributed by atoms with Crippen molar-refractivity contribution in [3.63, 3.8) is 0 Å². The summed E-state index contributed by atoms with van der Waals surface area (Å²) >= 11 is 0. The Balaban J connectivity index is 1.64. The van der Waals surface area contributed by atoms with Crippen LogP contribution in [-0.2, 0) is 4.79 Å². The molecule has 130 valence electrons. The van der Waals surface area contributed by atoms with E-state index in [9.17, 15) is 14.7 Å². The Bertz CT molecular complexity index is 736. The number of carbonyl (C=O) groups excluding carboxylic acids is 2. The van der Waals surface area contributed by atoms with E-state index in [0.717, 1.165) is 4.90 Å². The van der Waals surface area contributed by atoms with Crippen LogP contribution in [-0.4, -0.2) is 47.2 Å². The van der Waals surface area contributed by atoms with Gasteiger partial charge in [0.05, 0.1) is 6.54 Å². The van der Waals surface area contributed by atoms with Gasteiger partial charge in [-0.05, 0) is 31.2 Å². The standard InChI is InChI=1S/C19H20N2O4/c1-14-18(23)20(19(24)21(14)15-8-4-2-5-9-15)12-16(22)13-25-17-10-6-3-7-11-17/h2-11,14,16,22H,12-13H2,1H3/t14-,16-/m0/s1. The molecule has 0 unspecified atom stereocenters. The maximum atomic E-state index is 12.6. The lowest BCUT2D eigenvalue weighted by Gasteiger charge is -2.20. The van der Waals surface area contributed by atoms with E-state index in [0.29, 0.717) is 11.4 Å². The van der Waals surface area contributed by atoms with Crippen LogP contribution < -0.4 is 9.64 Å². The van der Waals surface area contributed by atoms with Gasteiger partial charge < -0.3 is 9.84 Å². The van der Waals surface area contributed by atoms with Crippen LogP contribution in [0.2, 0.25) is 0 Å². The van der Waals surface area contributed by atoms with Gasteiger partial charge in [0.15, 0.2) is 0 Å². The van der Waals surface area contributed by atoms with Crippen molar-refractivity contribution in [2.45, 2.75) is 19.1 Å². The zero-order valence-corrected chi connectivity index (χ0v) is 13.9. The number of hydrogen-bond acceptors (Lipinski definition) is 4. The number of aliphatic hydroxyl groups excluding tert-OH is 1. The highest BCUT2D eigenvalue weighted by Crippen LogP contribution is 2.25. The van der Waals surface area contributed by atoms with Crippen molar-refractivity contribution in [3.05, 3.63) is 60.7 Å². The summed E-state index contributed by atoms with van der Waals surface area (Å²) in [6.07, 6.45) is -0.962. The molecule has 6 heteroatoms. The number of β-amino-alcohol motifs (C(OH)–C–C–N with tert-alkyl or cyclic N) is 1. The molecule has 6 nitrogen and oxygen atoms in total. The van der Waals surface area contributed by atoms with Crippen molar-refractivity contribution in [2.24, 2.45) is 0 Å². The Morgan fingerprint density at radius 1 is 1.04 bits per heavy atom. The molecule has 0 aliphatic carbocycles. The molecule has 1 aliphatic heterocycles. The van der Waals surface area contributed by atoms with E-state index in [1.165, 1.54) is 4.90 Å².